The Bertz CT molecular complexity index is 925. The lowest BCUT2D eigenvalue weighted by Gasteiger charge is -2.11. The molecule has 0 atom stereocenters. The van der Waals surface area contributed by atoms with Gasteiger partial charge in [0.2, 0.25) is 0 Å². The summed E-state index contributed by atoms with van der Waals surface area (Å²) in [5.41, 5.74) is 7.95. The minimum atomic E-state index is -0.533. The van der Waals surface area contributed by atoms with Crippen LogP contribution in [0.2, 0.25) is 0 Å². The normalized spacial score (nSPS) is 10.1. The molecular formula is C21H19N3O3. The predicted molar refractivity (Wildman–Crippen MR) is 105 cm³/mol. The number of hydrogen-bond donors (Lipinski definition) is 3. The van der Waals surface area contributed by atoms with Crippen LogP contribution in [-0.4, -0.2) is 11.9 Å². The van der Waals surface area contributed by atoms with Gasteiger partial charge in [-0.2, -0.15) is 0 Å². The maximum absolute atomic E-state index is 12.0. The first kappa shape index (κ1) is 18.0. The fourth-order valence-corrected chi connectivity index (χ4v) is 2.46. The quantitative estimate of drug-likeness (QED) is 0.619. The first-order valence-corrected chi connectivity index (χ1v) is 8.35. The van der Waals surface area contributed by atoms with Crippen LogP contribution >= 0.6 is 0 Å². The van der Waals surface area contributed by atoms with Crippen molar-refractivity contribution < 1.29 is 14.3 Å². The maximum Gasteiger partial charge on any atom is 0.323 e. The monoisotopic (exact) mass is 361 g/mol. The van der Waals surface area contributed by atoms with Gasteiger partial charge in [0, 0.05) is 11.4 Å². The molecule has 27 heavy (non-hydrogen) atoms. The number of primary amides is 1. The summed E-state index contributed by atoms with van der Waals surface area (Å²) in [6.45, 7) is 0.279. The molecule has 0 fully saturated rings. The highest BCUT2D eigenvalue weighted by molar-refractivity contribution is 5.99. The molecule has 0 unspecified atom stereocenters. The zero-order valence-corrected chi connectivity index (χ0v) is 14.5. The molecule has 0 heterocycles. The Kier molecular flexibility index (Phi) is 5.69. The summed E-state index contributed by atoms with van der Waals surface area (Å²) in [5, 5.41) is 5.51. The summed E-state index contributed by atoms with van der Waals surface area (Å²) < 4.78 is 5.68. The number of carbonyl (C=O) groups is 2. The standard InChI is InChI=1S/C21H19N3O3/c22-20(25)18-8-4-5-9-19(18)27-14-15-10-12-17(13-11-15)24-21(26)23-16-6-2-1-3-7-16/h1-13H,14H2,(H2,22,25)(H2,23,24,26). The minimum Gasteiger partial charge on any atom is -0.488 e. The van der Waals surface area contributed by atoms with Gasteiger partial charge in [-0.15, -0.1) is 0 Å². The molecule has 0 aliphatic rings. The van der Waals surface area contributed by atoms with E-state index in [4.69, 9.17) is 10.5 Å². The lowest BCUT2D eigenvalue weighted by molar-refractivity contribution is 0.0996. The lowest BCUT2D eigenvalue weighted by Crippen LogP contribution is -2.19. The van der Waals surface area contributed by atoms with E-state index in [9.17, 15) is 9.59 Å². The van der Waals surface area contributed by atoms with Crippen molar-refractivity contribution in [3.63, 3.8) is 0 Å². The molecule has 3 aromatic rings. The molecule has 136 valence electrons. The third-order valence-electron chi connectivity index (χ3n) is 3.79. The summed E-state index contributed by atoms with van der Waals surface area (Å²) in [5.74, 6) is -0.0935. The number of urea groups is 1. The van der Waals surface area contributed by atoms with Gasteiger partial charge in [0.1, 0.15) is 12.4 Å². The molecule has 4 N–H and O–H groups in total. The maximum atomic E-state index is 12.0. The molecule has 6 nitrogen and oxygen atoms in total. The van der Waals surface area contributed by atoms with Crippen molar-refractivity contribution in [2.24, 2.45) is 5.73 Å². The van der Waals surface area contributed by atoms with Gasteiger partial charge in [-0.1, -0.05) is 42.5 Å². The highest BCUT2D eigenvalue weighted by atomic mass is 16.5. The summed E-state index contributed by atoms with van der Waals surface area (Å²) in [6.07, 6.45) is 0. The highest BCUT2D eigenvalue weighted by Gasteiger charge is 2.08. The second-order valence-corrected chi connectivity index (χ2v) is 5.79. The highest BCUT2D eigenvalue weighted by Crippen LogP contribution is 2.19. The summed E-state index contributed by atoms with van der Waals surface area (Å²) in [6, 6.07) is 22.9. The van der Waals surface area contributed by atoms with Crippen LogP contribution in [0.3, 0.4) is 0 Å². The van der Waals surface area contributed by atoms with E-state index in [0.29, 0.717) is 22.7 Å². The number of hydrogen-bond acceptors (Lipinski definition) is 3. The number of nitrogens with two attached hydrogens (primary N) is 1. The van der Waals surface area contributed by atoms with Crippen LogP contribution in [0.1, 0.15) is 15.9 Å². The average Bonchev–Trinajstić information content (AvgIpc) is 2.68. The molecule has 0 radical (unpaired) electrons. The number of ether oxygens (including phenoxy) is 1. The summed E-state index contributed by atoms with van der Waals surface area (Å²) in [7, 11) is 0. The van der Waals surface area contributed by atoms with Gasteiger partial charge in [-0.3, -0.25) is 4.79 Å². The van der Waals surface area contributed by atoms with Gasteiger partial charge in [0.05, 0.1) is 5.56 Å². The van der Waals surface area contributed by atoms with Crippen molar-refractivity contribution in [3.05, 3.63) is 90.0 Å². The average molecular weight is 361 g/mol. The van der Waals surface area contributed by atoms with E-state index in [2.05, 4.69) is 10.6 Å². The molecule has 3 rings (SSSR count). The van der Waals surface area contributed by atoms with Gasteiger partial charge < -0.3 is 21.1 Å². The molecule has 0 saturated heterocycles. The van der Waals surface area contributed by atoms with Crippen molar-refractivity contribution >= 4 is 23.3 Å². The number of nitrogens with one attached hydrogen (secondary N) is 2. The Balaban J connectivity index is 1.56. The Morgan fingerprint density at radius 3 is 2.04 bits per heavy atom. The first-order chi connectivity index (χ1) is 13.1. The van der Waals surface area contributed by atoms with E-state index in [1.807, 2.05) is 42.5 Å². The Morgan fingerprint density at radius 1 is 0.778 bits per heavy atom. The predicted octanol–water partition coefficient (Wildman–Crippen LogP) is 4.01. The molecule has 0 bridgehead atoms. The summed E-state index contributed by atoms with van der Waals surface area (Å²) >= 11 is 0. The van der Waals surface area contributed by atoms with Gasteiger partial charge >= 0.3 is 6.03 Å². The largest absolute Gasteiger partial charge is 0.488 e. The molecule has 0 spiro atoms. The van der Waals surface area contributed by atoms with Crippen molar-refractivity contribution in [1.29, 1.82) is 0 Å². The molecule has 6 heteroatoms. The summed E-state index contributed by atoms with van der Waals surface area (Å²) in [4.78, 5) is 23.4. The third-order valence-corrected chi connectivity index (χ3v) is 3.79. The van der Waals surface area contributed by atoms with E-state index in [0.717, 1.165) is 5.56 Å². The van der Waals surface area contributed by atoms with Crippen molar-refractivity contribution in [3.8, 4) is 5.75 Å². The van der Waals surface area contributed by atoms with Crippen LogP contribution in [0.5, 0.6) is 5.75 Å². The number of carbonyl (C=O) groups excluding carboxylic acids is 2. The van der Waals surface area contributed by atoms with E-state index < -0.39 is 5.91 Å². The fourth-order valence-electron chi connectivity index (χ4n) is 2.46. The topological polar surface area (TPSA) is 93.5 Å². The molecule has 0 aliphatic heterocycles. The van der Waals surface area contributed by atoms with Crippen LogP contribution in [0, 0.1) is 0 Å². The lowest BCUT2D eigenvalue weighted by atomic mass is 10.2. The zero-order chi connectivity index (χ0) is 19.1. The van der Waals surface area contributed by atoms with Crippen LogP contribution in [-0.2, 0) is 6.61 Å². The van der Waals surface area contributed by atoms with Gasteiger partial charge in [0.25, 0.3) is 5.91 Å². The first-order valence-electron chi connectivity index (χ1n) is 8.35. The fraction of sp³-hybridized carbons (Fsp3) is 0.0476. The second-order valence-electron chi connectivity index (χ2n) is 5.79. The van der Waals surface area contributed by atoms with Crippen molar-refractivity contribution in [2.75, 3.05) is 10.6 Å². The van der Waals surface area contributed by atoms with E-state index >= 15 is 0 Å². The van der Waals surface area contributed by atoms with Gasteiger partial charge in [0.15, 0.2) is 0 Å². The Morgan fingerprint density at radius 2 is 1.37 bits per heavy atom. The van der Waals surface area contributed by atoms with E-state index in [-0.39, 0.29) is 12.6 Å². The minimum absolute atomic E-state index is 0.279. The van der Waals surface area contributed by atoms with Gasteiger partial charge in [-0.05, 0) is 42.0 Å². The number of para-hydroxylation sites is 2. The number of amides is 3. The zero-order valence-electron chi connectivity index (χ0n) is 14.5. The Hall–Kier alpha value is -3.80. The van der Waals surface area contributed by atoms with Crippen LogP contribution in [0.4, 0.5) is 16.2 Å². The molecule has 0 saturated carbocycles. The smallest absolute Gasteiger partial charge is 0.323 e. The molecule has 3 aromatic carbocycles. The second kappa shape index (κ2) is 8.53. The van der Waals surface area contributed by atoms with Crippen molar-refractivity contribution in [2.45, 2.75) is 6.61 Å². The SMILES string of the molecule is NC(=O)c1ccccc1OCc1ccc(NC(=O)Nc2ccccc2)cc1. The number of benzene rings is 3. The number of rotatable bonds is 6. The van der Waals surface area contributed by atoms with Crippen LogP contribution in [0.25, 0.3) is 0 Å². The van der Waals surface area contributed by atoms with E-state index in [1.54, 1.807) is 36.4 Å². The Labute approximate surface area is 157 Å². The third kappa shape index (κ3) is 5.09. The van der Waals surface area contributed by atoms with Crippen LogP contribution < -0.4 is 21.1 Å². The number of anilines is 2. The van der Waals surface area contributed by atoms with Crippen LogP contribution in [0.15, 0.2) is 78.9 Å². The molecule has 0 aromatic heterocycles. The van der Waals surface area contributed by atoms with Gasteiger partial charge in [-0.25, -0.2) is 4.79 Å². The molecule has 3 amide bonds. The van der Waals surface area contributed by atoms with E-state index in [1.165, 1.54) is 0 Å². The van der Waals surface area contributed by atoms with Crippen molar-refractivity contribution in [1.82, 2.24) is 0 Å². The molecule has 0 aliphatic carbocycles. The molecular weight excluding hydrogens is 342 g/mol.